The number of hydrogen-bond donors (Lipinski definition) is 2. The predicted molar refractivity (Wildman–Crippen MR) is 99.6 cm³/mol. The SMILES string of the molecule is Cc1nn(C)c(C)c1-c1cc(C(=O)N[C@@H](c2cccs2)C(C)C)[nH]n1. The summed E-state index contributed by atoms with van der Waals surface area (Å²) in [6, 6.07) is 5.83. The van der Waals surface area contributed by atoms with Crippen LogP contribution in [0.4, 0.5) is 0 Å². The Balaban J connectivity index is 1.83. The van der Waals surface area contributed by atoms with E-state index in [-0.39, 0.29) is 11.9 Å². The smallest absolute Gasteiger partial charge is 0.269 e. The van der Waals surface area contributed by atoms with Crippen LogP contribution < -0.4 is 5.32 Å². The molecule has 0 unspecified atom stereocenters. The van der Waals surface area contributed by atoms with E-state index in [0.29, 0.717) is 11.6 Å². The van der Waals surface area contributed by atoms with Crippen LogP contribution in [0.15, 0.2) is 23.6 Å². The molecule has 7 heteroatoms. The fraction of sp³-hybridized carbons (Fsp3) is 0.389. The summed E-state index contributed by atoms with van der Waals surface area (Å²) in [4.78, 5) is 13.8. The standard InChI is InChI=1S/C18H23N5OS/c1-10(2)17(15-7-6-8-25-15)19-18(24)14-9-13(20-21-14)16-11(3)22-23(5)12(16)4/h6-10,17H,1-5H3,(H,19,24)(H,20,21)/t17-/m1/s1. The molecule has 132 valence electrons. The summed E-state index contributed by atoms with van der Waals surface area (Å²) in [5, 5.41) is 16.7. The number of carbonyl (C=O) groups is 1. The van der Waals surface area contributed by atoms with Crippen molar-refractivity contribution >= 4 is 17.2 Å². The molecule has 0 spiro atoms. The zero-order valence-corrected chi connectivity index (χ0v) is 15.9. The van der Waals surface area contributed by atoms with Crippen molar-refractivity contribution < 1.29 is 4.79 Å². The van der Waals surface area contributed by atoms with E-state index in [2.05, 4.69) is 40.5 Å². The van der Waals surface area contributed by atoms with Crippen LogP contribution in [0, 0.1) is 19.8 Å². The Morgan fingerprint density at radius 3 is 2.68 bits per heavy atom. The molecule has 0 aliphatic carbocycles. The molecule has 1 atom stereocenters. The first-order chi connectivity index (χ1) is 11.9. The monoisotopic (exact) mass is 357 g/mol. The minimum Gasteiger partial charge on any atom is -0.343 e. The van der Waals surface area contributed by atoms with Crippen molar-refractivity contribution in [1.29, 1.82) is 0 Å². The molecule has 0 fully saturated rings. The highest BCUT2D eigenvalue weighted by Crippen LogP contribution is 2.27. The molecule has 3 aromatic rings. The van der Waals surface area contributed by atoms with Gasteiger partial charge in [-0.3, -0.25) is 14.6 Å². The van der Waals surface area contributed by atoms with E-state index in [4.69, 9.17) is 0 Å². The minimum absolute atomic E-state index is 0.0129. The summed E-state index contributed by atoms with van der Waals surface area (Å²) in [6.07, 6.45) is 0. The molecular formula is C18H23N5OS. The van der Waals surface area contributed by atoms with Crippen LogP contribution in [0.1, 0.15) is 46.6 Å². The molecule has 0 aromatic carbocycles. The van der Waals surface area contributed by atoms with Gasteiger partial charge in [-0.25, -0.2) is 0 Å². The Kier molecular flexibility index (Phi) is 4.76. The van der Waals surface area contributed by atoms with Crippen LogP contribution >= 0.6 is 11.3 Å². The highest BCUT2D eigenvalue weighted by molar-refractivity contribution is 7.10. The molecule has 0 aliphatic rings. The summed E-state index contributed by atoms with van der Waals surface area (Å²) in [7, 11) is 1.90. The quantitative estimate of drug-likeness (QED) is 0.732. The molecule has 0 saturated carbocycles. The number of nitrogens with one attached hydrogen (secondary N) is 2. The number of hydrogen-bond acceptors (Lipinski definition) is 4. The van der Waals surface area contributed by atoms with E-state index in [9.17, 15) is 4.79 Å². The number of aromatic nitrogens is 4. The zero-order valence-electron chi connectivity index (χ0n) is 15.1. The normalized spacial score (nSPS) is 12.6. The lowest BCUT2D eigenvalue weighted by atomic mass is 10.0. The predicted octanol–water partition coefficient (Wildman–Crippen LogP) is 3.62. The fourth-order valence-electron chi connectivity index (χ4n) is 2.96. The van der Waals surface area contributed by atoms with Gasteiger partial charge in [-0.05, 0) is 37.3 Å². The van der Waals surface area contributed by atoms with Crippen molar-refractivity contribution in [3.8, 4) is 11.3 Å². The first-order valence-corrected chi connectivity index (χ1v) is 9.16. The summed E-state index contributed by atoms with van der Waals surface area (Å²) in [6.45, 7) is 8.15. The number of amides is 1. The summed E-state index contributed by atoms with van der Waals surface area (Å²) >= 11 is 1.65. The summed E-state index contributed by atoms with van der Waals surface area (Å²) < 4.78 is 1.82. The fourth-order valence-corrected chi connectivity index (χ4v) is 3.91. The summed E-state index contributed by atoms with van der Waals surface area (Å²) in [5.74, 6) is 0.151. The van der Waals surface area contributed by atoms with Gasteiger partial charge in [0.2, 0.25) is 0 Å². The van der Waals surface area contributed by atoms with Crippen LogP contribution in [0.5, 0.6) is 0 Å². The third kappa shape index (κ3) is 3.37. The van der Waals surface area contributed by atoms with Gasteiger partial charge in [0.05, 0.1) is 17.4 Å². The molecule has 0 aliphatic heterocycles. The Morgan fingerprint density at radius 1 is 1.36 bits per heavy atom. The van der Waals surface area contributed by atoms with Gasteiger partial charge in [0.25, 0.3) is 5.91 Å². The number of rotatable bonds is 5. The Hall–Kier alpha value is -2.41. The number of carbonyl (C=O) groups excluding carboxylic acids is 1. The lowest BCUT2D eigenvalue weighted by Gasteiger charge is -2.20. The maximum absolute atomic E-state index is 12.7. The highest BCUT2D eigenvalue weighted by atomic mass is 32.1. The number of H-pyrrole nitrogens is 1. The number of nitrogens with zero attached hydrogens (tertiary/aromatic N) is 3. The molecule has 0 radical (unpaired) electrons. The van der Waals surface area contributed by atoms with Crippen molar-refractivity contribution in [3.63, 3.8) is 0 Å². The number of aromatic amines is 1. The lowest BCUT2D eigenvalue weighted by Crippen LogP contribution is -2.31. The largest absolute Gasteiger partial charge is 0.343 e. The molecule has 1 amide bonds. The van der Waals surface area contributed by atoms with Gasteiger partial charge in [-0.1, -0.05) is 19.9 Å². The summed E-state index contributed by atoms with van der Waals surface area (Å²) in [5.41, 5.74) is 4.09. The molecule has 0 bridgehead atoms. The Morgan fingerprint density at radius 2 is 2.12 bits per heavy atom. The van der Waals surface area contributed by atoms with Crippen LogP contribution in [0.3, 0.4) is 0 Å². The minimum atomic E-state index is -0.148. The van der Waals surface area contributed by atoms with Crippen molar-refractivity contribution in [2.75, 3.05) is 0 Å². The van der Waals surface area contributed by atoms with Crippen LogP contribution in [0.25, 0.3) is 11.3 Å². The van der Waals surface area contributed by atoms with Gasteiger partial charge in [-0.15, -0.1) is 11.3 Å². The van der Waals surface area contributed by atoms with E-state index in [1.165, 1.54) is 0 Å². The molecule has 6 nitrogen and oxygen atoms in total. The second-order valence-corrected chi connectivity index (χ2v) is 7.53. The maximum atomic E-state index is 12.7. The second-order valence-electron chi connectivity index (χ2n) is 6.55. The van der Waals surface area contributed by atoms with Gasteiger partial charge >= 0.3 is 0 Å². The Bertz CT molecular complexity index is 876. The number of thiophene rings is 1. The average molecular weight is 357 g/mol. The maximum Gasteiger partial charge on any atom is 0.269 e. The Labute approximate surface area is 151 Å². The third-order valence-electron chi connectivity index (χ3n) is 4.39. The third-order valence-corrected chi connectivity index (χ3v) is 5.35. The van der Waals surface area contributed by atoms with Crippen LogP contribution in [0.2, 0.25) is 0 Å². The van der Waals surface area contributed by atoms with Crippen LogP contribution in [-0.4, -0.2) is 25.9 Å². The van der Waals surface area contributed by atoms with E-state index in [1.54, 1.807) is 17.4 Å². The molecule has 2 N–H and O–H groups in total. The van der Waals surface area contributed by atoms with E-state index >= 15 is 0 Å². The van der Waals surface area contributed by atoms with Gasteiger partial charge in [0.15, 0.2) is 0 Å². The lowest BCUT2D eigenvalue weighted by molar-refractivity contribution is 0.0921. The van der Waals surface area contributed by atoms with Crippen molar-refractivity contribution in [2.45, 2.75) is 33.7 Å². The molecule has 0 saturated heterocycles. The van der Waals surface area contributed by atoms with Gasteiger partial charge < -0.3 is 5.32 Å². The zero-order chi connectivity index (χ0) is 18.1. The molecule has 3 heterocycles. The highest BCUT2D eigenvalue weighted by Gasteiger charge is 2.22. The average Bonchev–Trinajstić information content (AvgIpc) is 3.27. The number of aryl methyl sites for hydroxylation is 2. The first kappa shape index (κ1) is 17.4. The molecule has 25 heavy (non-hydrogen) atoms. The second kappa shape index (κ2) is 6.84. The van der Waals surface area contributed by atoms with Crippen LogP contribution in [-0.2, 0) is 7.05 Å². The topological polar surface area (TPSA) is 75.6 Å². The molecular weight excluding hydrogens is 334 g/mol. The van der Waals surface area contributed by atoms with Crippen molar-refractivity contribution in [3.05, 3.63) is 45.5 Å². The van der Waals surface area contributed by atoms with Gasteiger partial charge in [0, 0.05) is 23.2 Å². The van der Waals surface area contributed by atoms with Gasteiger partial charge in [0.1, 0.15) is 5.69 Å². The van der Waals surface area contributed by atoms with Crippen molar-refractivity contribution in [2.24, 2.45) is 13.0 Å². The van der Waals surface area contributed by atoms with Crippen molar-refractivity contribution in [1.82, 2.24) is 25.3 Å². The molecule has 3 rings (SSSR count). The van der Waals surface area contributed by atoms with Gasteiger partial charge in [-0.2, -0.15) is 10.2 Å². The first-order valence-electron chi connectivity index (χ1n) is 8.28. The van der Waals surface area contributed by atoms with E-state index in [1.807, 2.05) is 37.0 Å². The van der Waals surface area contributed by atoms with E-state index < -0.39 is 0 Å². The van der Waals surface area contributed by atoms with E-state index in [0.717, 1.165) is 27.5 Å². The molecule has 3 aromatic heterocycles.